The minimum absolute atomic E-state index is 0.0186. The van der Waals surface area contributed by atoms with E-state index < -0.39 is 11.9 Å². The van der Waals surface area contributed by atoms with Gasteiger partial charge in [-0.15, -0.1) is 0 Å². The van der Waals surface area contributed by atoms with E-state index in [2.05, 4.69) is 0 Å². The first-order chi connectivity index (χ1) is 5.46. The Morgan fingerprint density at radius 3 is 2.33 bits per heavy atom. The van der Waals surface area contributed by atoms with Crippen molar-refractivity contribution >= 4 is 0 Å². The lowest BCUT2D eigenvalue weighted by molar-refractivity contribution is -0.154. The zero-order valence-electron chi connectivity index (χ0n) is 8.20. The van der Waals surface area contributed by atoms with Gasteiger partial charge in [0.25, 0.3) is 0 Å². The van der Waals surface area contributed by atoms with E-state index in [9.17, 15) is 5.11 Å². The molecule has 1 heterocycles. The average Bonchev–Trinajstić information content (AvgIpc) is 2.23. The molecule has 0 aromatic rings. The zero-order chi connectivity index (χ0) is 9.35. The molecular weight excluding hydrogens is 156 g/mol. The summed E-state index contributed by atoms with van der Waals surface area (Å²) >= 11 is 0. The molecule has 12 heavy (non-hydrogen) atoms. The van der Waals surface area contributed by atoms with Crippen molar-refractivity contribution in [3.8, 4) is 0 Å². The summed E-state index contributed by atoms with van der Waals surface area (Å²) in [6.45, 7) is 7.60. The lowest BCUT2D eigenvalue weighted by Gasteiger charge is -2.19. The van der Waals surface area contributed by atoms with Gasteiger partial charge in [0, 0.05) is 0 Å². The predicted octanol–water partition coefficient (Wildman–Crippen LogP) is 1.30. The highest BCUT2D eigenvalue weighted by Gasteiger charge is 2.41. The molecule has 1 saturated heterocycles. The molecule has 1 aliphatic rings. The summed E-state index contributed by atoms with van der Waals surface area (Å²) in [7, 11) is 0. The van der Waals surface area contributed by atoms with Gasteiger partial charge in [0.05, 0.1) is 12.2 Å². The molecule has 1 N–H and O–H groups in total. The van der Waals surface area contributed by atoms with Gasteiger partial charge in [-0.1, -0.05) is 6.92 Å². The van der Waals surface area contributed by atoms with Crippen LogP contribution in [0.2, 0.25) is 0 Å². The van der Waals surface area contributed by atoms with Crippen LogP contribution in [0, 0.1) is 0 Å². The second-order valence-corrected chi connectivity index (χ2v) is 3.78. The molecule has 1 fully saturated rings. The van der Waals surface area contributed by atoms with Crippen molar-refractivity contribution in [2.45, 2.75) is 58.2 Å². The van der Waals surface area contributed by atoms with Gasteiger partial charge in [0.15, 0.2) is 5.79 Å². The maximum atomic E-state index is 9.56. The third-order valence-electron chi connectivity index (χ3n) is 2.15. The average molecular weight is 174 g/mol. The summed E-state index contributed by atoms with van der Waals surface area (Å²) in [5, 5.41) is 9.56. The molecule has 0 aliphatic carbocycles. The minimum Gasteiger partial charge on any atom is -0.390 e. The predicted molar refractivity (Wildman–Crippen MR) is 45.8 cm³/mol. The van der Waals surface area contributed by atoms with E-state index in [0.29, 0.717) is 6.42 Å². The molecule has 0 aromatic carbocycles. The molecule has 0 spiro atoms. The molecule has 3 heteroatoms. The number of hydrogen-bond donors (Lipinski definition) is 1. The minimum atomic E-state index is -0.541. The van der Waals surface area contributed by atoms with Crippen LogP contribution < -0.4 is 0 Å². The van der Waals surface area contributed by atoms with Crippen LogP contribution in [-0.4, -0.2) is 29.2 Å². The van der Waals surface area contributed by atoms with Crippen LogP contribution in [0.15, 0.2) is 0 Å². The van der Waals surface area contributed by atoms with Crippen LogP contribution in [0.5, 0.6) is 0 Å². The zero-order valence-corrected chi connectivity index (χ0v) is 8.20. The monoisotopic (exact) mass is 174 g/mol. The van der Waals surface area contributed by atoms with Gasteiger partial charge >= 0.3 is 0 Å². The summed E-state index contributed by atoms with van der Waals surface area (Å²) in [5.41, 5.74) is 0. The second kappa shape index (κ2) is 3.32. The highest BCUT2D eigenvalue weighted by molar-refractivity contribution is 4.82. The molecule has 3 nitrogen and oxygen atoms in total. The van der Waals surface area contributed by atoms with E-state index in [4.69, 9.17) is 9.47 Å². The first-order valence-corrected chi connectivity index (χ1v) is 4.50. The van der Waals surface area contributed by atoms with Gasteiger partial charge in [-0.3, -0.25) is 0 Å². The standard InChI is InChI=1S/C9H18O3/c1-5-7(10)8-6(2)11-9(3,4)12-8/h6-8,10H,5H2,1-4H3/t6-,7-,8+/m1/s1. The molecular formula is C9H18O3. The van der Waals surface area contributed by atoms with Crippen LogP contribution in [0.1, 0.15) is 34.1 Å². The number of ether oxygens (including phenoxy) is 2. The van der Waals surface area contributed by atoms with E-state index in [1.807, 2.05) is 27.7 Å². The smallest absolute Gasteiger partial charge is 0.163 e. The maximum Gasteiger partial charge on any atom is 0.163 e. The van der Waals surface area contributed by atoms with Gasteiger partial charge in [0.2, 0.25) is 0 Å². The van der Waals surface area contributed by atoms with Crippen molar-refractivity contribution in [1.29, 1.82) is 0 Å². The number of aliphatic hydroxyl groups excluding tert-OH is 1. The lowest BCUT2D eigenvalue weighted by Crippen LogP contribution is -2.33. The van der Waals surface area contributed by atoms with Crippen LogP contribution in [-0.2, 0) is 9.47 Å². The fraction of sp³-hybridized carbons (Fsp3) is 1.00. The molecule has 0 saturated carbocycles. The molecule has 1 aliphatic heterocycles. The van der Waals surface area contributed by atoms with E-state index in [-0.39, 0.29) is 12.2 Å². The quantitative estimate of drug-likeness (QED) is 0.685. The van der Waals surface area contributed by atoms with Crippen molar-refractivity contribution in [3.05, 3.63) is 0 Å². The normalized spacial score (nSPS) is 36.8. The van der Waals surface area contributed by atoms with Gasteiger partial charge in [-0.05, 0) is 27.2 Å². The van der Waals surface area contributed by atoms with Crippen LogP contribution in [0.4, 0.5) is 0 Å². The van der Waals surface area contributed by atoms with Crippen molar-refractivity contribution in [3.63, 3.8) is 0 Å². The molecule has 72 valence electrons. The summed E-state index contributed by atoms with van der Waals surface area (Å²) < 4.78 is 11.0. The van der Waals surface area contributed by atoms with Gasteiger partial charge in [0.1, 0.15) is 6.10 Å². The van der Waals surface area contributed by atoms with Crippen molar-refractivity contribution < 1.29 is 14.6 Å². The van der Waals surface area contributed by atoms with Gasteiger partial charge in [-0.25, -0.2) is 0 Å². The number of aliphatic hydroxyl groups is 1. The lowest BCUT2D eigenvalue weighted by atomic mass is 10.1. The number of hydrogen-bond acceptors (Lipinski definition) is 3. The van der Waals surface area contributed by atoms with Crippen molar-refractivity contribution in [1.82, 2.24) is 0 Å². The van der Waals surface area contributed by atoms with E-state index >= 15 is 0 Å². The van der Waals surface area contributed by atoms with E-state index in [1.165, 1.54) is 0 Å². The molecule has 0 unspecified atom stereocenters. The molecule has 1 rings (SSSR count). The van der Waals surface area contributed by atoms with Crippen molar-refractivity contribution in [2.24, 2.45) is 0 Å². The third kappa shape index (κ3) is 1.97. The summed E-state index contributed by atoms with van der Waals surface area (Å²) in [4.78, 5) is 0. The maximum absolute atomic E-state index is 9.56. The van der Waals surface area contributed by atoms with Crippen molar-refractivity contribution in [2.75, 3.05) is 0 Å². The Kier molecular flexibility index (Phi) is 2.76. The Morgan fingerprint density at radius 1 is 1.42 bits per heavy atom. The summed E-state index contributed by atoms with van der Waals surface area (Å²) in [6.07, 6.45) is 0.0933. The molecule has 0 radical (unpaired) electrons. The Hall–Kier alpha value is -0.120. The van der Waals surface area contributed by atoms with E-state index in [0.717, 1.165) is 0 Å². The highest BCUT2D eigenvalue weighted by atomic mass is 16.8. The van der Waals surface area contributed by atoms with Crippen LogP contribution >= 0.6 is 0 Å². The van der Waals surface area contributed by atoms with Gasteiger partial charge in [-0.2, -0.15) is 0 Å². The fourth-order valence-corrected chi connectivity index (χ4v) is 1.59. The third-order valence-corrected chi connectivity index (χ3v) is 2.15. The Labute approximate surface area is 73.7 Å². The largest absolute Gasteiger partial charge is 0.390 e. The molecule has 0 aromatic heterocycles. The Balaban J connectivity index is 2.57. The van der Waals surface area contributed by atoms with Gasteiger partial charge < -0.3 is 14.6 Å². The topological polar surface area (TPSA) is 38.7 Å². The SMILES string of the molecule is CC[C@@H](O)[C@H]1OC(C)(C)O[C@@H]1C. The molecule has 0 amide bonds. The Bertz CT molecular complexity index is 156. The van der Waals surface area contributed by atoms with Crippen LogP contribution in [0.3, 0.4) is 0 Å². The van der Waals surface area contributed by atoms with E-state index in [1.54, 1.807) is 0 Å². The number of rotatable bonds is 2. The molecule has 0 bridgehead atoms. The Morgan fingerprint density at radius 2 is 2.00 bits per heavy atom. The van der Waals surface area contributed by atoms with Crippen LogP contribution in [0.25, 0.3) is 0 Å². The summed E-state index contributed by atoms with van der Waals surface area (Å²) in [6, 6.07) is 0. The second-order valence-electron chi connectivity index (χ2n) is 3.78. The summed E-state index contributed by atoms with van der Waals surface area (Å²) in [5.74, 6) is -0.541. The highest BCUT2D eigenvalue weighted by Crippen LogP contribution is 2.30. The first-order valence-electron chi connectivity index (χ1n) is 4.50. The first kappa shape index (κ1) is 9.96. The fourth-order valence-electron chi connectivity index (χ4n) is 1.59. The molecule has 3 atom stereocenters.